The highest BCUT2D eigenvalue weighted by Gasteiger charge is 2.18. The third-order valence-corrected chi connectivity index (χ3v) is 4.49. The zero-order valence-electron chi connectivity index (χ0n) is 16.1. The number of nitrogens with two attached hydrogens (primary N) is 1. The van der Waals surface area contributed by atoms with Crippen LogP contribution in [0.2, 0.25) is 0 Å². The van der Waals surface area contributed by atoms with Crippen molar-refractivity contribution in [3.8, 4) is 28.5 Å². The molecule has 0 aliphatic rings. The number of carbonyl (C=O) groups is 1. The molecule has 1 amide bonds. The second-order valence-corrected chi connectivity index (χ2v) is 6.25. The van der Waals surface area contributed by atoms with Gasteiger partial charge in [0, 0.05) is 11.8 Å². The van der Waals surface area contributed by atoms with E-state index >= 15 is 0 Å². The Kier molecular flexibility index (Phi) is 5.84. The number of rotatable bonds is 8. The molecule has 7 nitrogen and oxygen atoms in total. The van der Waals surface area contributed by atoms with E-state index in [-0.39, 0.29) is 0 Å². The first-order chi connectivity index (χ1) is 13.5. The number of amides is 1. The molecule has 3 aromatic rings. The van der Waals surface area contributed by atoms with Gasteiger partial charge in [0.1, 0.15) is 17.2 Å². The molecule has 0 aliphatic heterocycles. The minimum Gasteiger partial charge on any atom is -0.497 e. The molecule has 0 fully saturated rings. The van der Waals surface area contributed by atoms with Crippen LogP contribution in [0.25, 0.3) is 11.3 Å². The topological polar surface area (TPSA) is 99.5 Å². The third-order valence-electron chi connectivity index (χ3n) is 4.49. The molecule has 3 N–H and O–H groups in total. The first-order valence-electron chi connectivity index (χ1n) is 8.79. The summed E-state index contributed by atoms with van der Waals surface area (Å²) in [5.74, 6) is 1.52. The molecule has 7 heteroatoms. The van der Waals surface area contributed by atoms with Crippen molar-refractivity contribution in [2.24, 2.45) is 5.73 Å². The second-order valence-electron chi connectivity index (χ2n) is 6.25. The Labute approximate surface area is 163 Å². The van der Waals surface area contributed by atoms with Gasteiger partial charge in [-0.05, 0) is 48.7 Å². The predicted molar refractivity (Wildman–Crippen MR) is 106 cm³/mol. The minimum atomic E-state index is -0.526. The number of nitrogens with one attached hydrogen (secondary N) is 1. The molecule has 146 valence electrons. The highest BCUT2D eigenvalue weighted by Crippen LogP contribution is 2.32. The van der Waals surface area contributed by atoms with Crippen LogP contribution in [-0.4, -0.2) is 37.4 Å². The Balaban J connectivity index is 1.84. The molecule has 0 bridgehead atoms. The van der Waals surface area contributed by atoms with E-state index < -0.39 is 5.91 Å². The number of hydrogen-bond acceptors (Lipinski definition) is 5. The number of primary amides is 1. The number of nitrogens with zero attached hydrogens (tertiary/aromatic N) is 1. The van der Waals surface area contributed by atoms with Gasteiger partial charge < -0.3 is 19.9 Å². The van der Waals surface area contributed by atoms with E-state index in [1.54, 1.807) is 39.5 Å². The number of benzene rings is 2. The molecule has 0 atom stereocenters. The van der Waals surface area contributed by atoms with Crippen molar-refractivity contribution in [2.45, 2.75) is 12.8 Å². The first-order valence-corrected chi connectivity index (χ1v) is 8.79. The van der Waals surface area contributed by atoms with Crippen LogP contribution in [-0.2, 0) is 12.8 Å². The highest BCUT2D eigenvalue weighted by molar-refractivity contribution is 6.01. The van der Waals surface area contributed by atoms with Gasteiger partial charge in [0.25, 0.3) is 0 Å². The molecule has 0 aliphatic carbocycles. The lowest BCUT2D eigenvalue weighted by Gasteiger charge is -2.09. The van der Waals surface area contributed by atoms with Crippen molar-refractivity contribution in [1.29, 1.82) is 0 Å². The van der Waals surface area contributed by atoms with Crippen molar-refractivity contribution >= 4 is 5.91 Å². The summed E-state index contributed by atoms with van der Waals surface area (Å²) in [6, 6.07) is 12.9. The summed E-state index contributed by atoms with van der Waals surface area (Å²) in [7, 11) is 4.81. The number of aryl methyl sites for hydroxylation is 2. The number of H-pyrrole nitrogens is 1. The highest BCUT2D eigenvalue weighted by atomic mass is 16.5. The van der Waals surface area contributed by atoms with Crippen molar-refractivity contribution in [3.63, 3.8) is 0 Å². The van der Waals surface area contributed by atoms with Crippen LogP contribution in [0.1, 0.15) is 21.6 Å². The minimum absolute atomic E-state index is 0.370. The fraction of sp³-hybridized carbons (Fsp3) is 0.238. The quantitative estimate of drug-likeness (QED) is 0.625. The van der Waals surface area contributed by atoms with Gasteiger partial charge in [-0.2, -0.15) is 5.10 Å². The SMILES string of the molecule is COc1cc(CCc2cc(-c3c(OC)cccc3C(N)=O)n[nH]2)cc(OC)c1. The molecular formula is C21H23N3O4. The number of carbonyl (C=O) groups excluding carboxylic acids is 1. The van der Waals surface area contributed by atoms with E-state index in [9.17, 15) is 4.79 Å². The lowest BCUT2D eigenvalue weighted by molar-refractivity contribution is 0.100. The van der Waals surface area contributed by atoms with Crippen LogP contribution in [0.15, 0.2) is 42.5 Å². The maximum Gasteiger partial charge on any atom is 0.249 e. The van der Waals surface area contributed by atoms with Gasteiger partial charge in [-0.1, -0.05) is 6.07 Å². The Hall–Kier alpha value is -3.48. The van der Waals surface area contributed by atoms with E-state index in [0.717, 1.165) is 35.6 Å². The van der Waals surface area contributed by atoms with E-state index in [1.807, 2.05) is 24.3 Å². The molecule has 1 aromatic heterocycles. The number of ether oxygens (including phenoxy) is 3. The molecule has 2 aromatic carbocycles. The fourth-order valence-corrected chi connectivity index (χ4v) is 3.08. The van der Waals surface area contributed by atoms with Gasteiger partial charge >= 0.3 is 0 Å². The second kappa shape index (κ2) is 8.47. The van der Waals surface area contributed by atoms with E-state index in [2.05, 4.69) is 10.2 Å². The van der Waals surface area contributed by atoms with Crippen LogP contribution < -0.4 is 19.9 Å². The maximum atomic E-state index is 11.8. The van der Waals surface area contributed by atoms with E-state index in [4.69, 9.17) is 19.9 Å². The van der Waals surface area contributed by atoms with Gasteiger partial charge in [-0.15, -0.1) is 0 Å². The molecule has 3 rings (SSSR count). The third kappa shape index (κ3) is 4.09. The summed E-state index contributed by atoms with van der Waals surface area (Å²) < 4.78 is 16.0. The van der Waals surface area contributed by atoms with Crippen LogP contribution in [0.4, 0.5) is 0 Å². The Bertz CT molecular complexity index is 959. The zero-order chi connectivity index (χ0) is 20.1. The van der Waals surface area contributed by atoms with E-state index in [1.165, 1.54) is 0 Å². The van der Waals surface area contributed by atoms with Crippen molar-refractivity contribution in [2.75, 3.05) is 21.3 Å². The monoisotopic (exact) mass is 381 g/mol. The molecular weight excluding hydrogens is 358 g/mol. The average Bonchev–Trinajstić information content (AvgIpc) is 3.19. The number of aromatic amines is 1. The van der Waals surface area contributed by atoms with Crippen molar-refractivity contribution < 1.29 is 19.0 Å². The predicted octanol–water partition coefficient (Wildman–Crippen LogP) is 2.99. The van der Waals surface area contributed by atoms with Crippen LogP contribution in [0, 0.1) is 0 Å². The first kappa shape index (κ1) is 19.3. The summed E-state index contributed by atoms with van der Waals surface area (Å²) in [5, 5.41) is 7.38. The summed E-state index contributed by atoms with van der Waals surface area (Å²) in [4.78, 5) is 11.8. The maximum absolute atomic E-state index is 11.8. The van der Waals surface area contributed by atoms with E-state index in [0.29, 0.717) is 22.6 Å². The summed E-state index contributed by atoms with van der Waals surface area (Å²) >= 11 is 0. The van der Waals surface area contributed by atoms with Crippen LogP contribution >= 0.6 is 0 Å². The van der Waals surface area contributed by atoms with Crippen LogP contribution in [0.5, 0.6) is 17.2 Å². The van der Waals surface area contributed by atoms with Gasteiger partial charge in [-0.3, -0.25) is 9.89 Å². The van der Waals surface area contributed by atoms with Crippen LogP contribution in [0.3, 0.4) is 0 Å². The van der Waals surface area contributed by atoms with Gasteiger partial charge in [0.05, 0.1) is 38.2 Å². The molecule has 0 unspecified atom stereocenters. The summed E-state index contributed by atoms with van der Waals surface area (Å²) in [5.41, 5.74) is 9.10. The van der Waals surface area contributed by atoms with Gasteiger partial charge in [0.15, 0.2) is 0 Å². The van der Waals surface area contributed by atoms with Crippen molar-refractivity contribution in [1.82, 2.24) is 10.2 Å². The molecule has 0 radical (unpaired) electrons. The molecule has 1 heterocycles. The summed E-state index contributed by atoms with van der Waals surface area (Å²) in [6.07, 6.45) is 1.49. The molecule has 0 spiro atoms. The average molecular weight is 381 g/mol. The standard InChI is InChI=1S/C21H23N3O4/c1-26-15-9-13(10-16(12-15)27-2)7-8-14-11-18(24-23-14)20-17(21(22)25)5-4-6-19(20)28-3/h4-6,9-12H,7-8H2,1-3H3,(H2,22,25)(H,23,24). The lowest BCUT2D eigenvalue weighted by Crippen LogP contribution is -2.13. The number of hydrogen-bond donors (Lipinski definition) is 2. The Morgan fingerprint density at radius 1 is 1.00 bits per heavy atom. The zero-order valence-corrected chi connectivity index (χ0v) is 16.1. The molecule has 0 saturated heterocycles. The Morgan fingerprint density at radius 2 is 1.71 bits per heavy atom. The van der Waals surface area contributed by atoms with Crippen molar-refractivity contribution in [3.05, 3.63) is 59.3 Å². The fourth-order valence-electron chi connectivity index (χ4n) is 3.08. The van der Waals surface area contributed by atoms with Gasteiger partial charge in [0.2, 0.25) is 5.91 Å². The number of methoxy groups -OCH3 is 3. The molecule has 28 heavy (non-hydrogen) atoms. The lowest BCUT2D eigenvalue weighted by atomic mass is 10.0. The van der Waals surface area contributed by atoms with Gasteiger partial charge in [-0.25, -0.2) is 0 Å². The normalized spacial score (nSPS) is 10.5. The Morgan fingerprint density at radius 3 is 2.32 bits per heavy atom. The molecule has 0 saturated carbocycles. The summed E-state index contributed by atoms with van der Waals surface area (Å²) in [6.45, 7) is 0. The number of aromatic nitrogens is 2. The smallest absolute Gasteiger partial charge is 0.249 e. The largest absolute Gasteiger partial charge is 0.497 e.